The molecule has 152 valence electrons. The summed E-state index contributed by atoms with van der Waals surface area (Å²) in [7, 11) is 0. The lowest BCUT2D eigenvalue weighted by Crippen LogP contribution is -2.28. The maximum atomic E-state index is 12.9. The van der Waals surface area contributed by atoms with Gasteiger partial charge in [0.25, 0.3) is 5.91 Å². The predicted octanol–water partition coefficient (Wildman–Crippen LogP) is 3.79. The van der Waals surface area contributed by atoms with Gasteiger partial charge in [-0.25, -0.2) is 0 Å². The fourth-order valence-electron chi connectivity index (χ4n) is 2.92. The third kappa shape index (κ3) is 6.63. The van der Waals surface area contributed by atoms with Crippen molar-refractivity contribution in [3.8, 4) is 5.75 Å². The zero-order chi connectivity index (χ0) is 21.2. The highest BCUT2D eigenvalue weighted by molar-refractivity contribution is 5.91. The molecule has 2 N–H and O–H groups in total. The first-order valence-electron chi connectivity index (χ1n) is 9.66. The van der Waals surface area contributed by atoms with Crippen LogP contribution in [-0.2, 0) is 22.7 Å². The Kier molecular flexibility index (Phi) is 7.39. The Bertz CT molecular complexity index is 942. The molecule has 2 amide bonds. The van der Waals surface area contributed by atoms with Crippen LogP contribution in [0.4, 0.5) is 0 Å². The van der Waals surface area contributed by atoms with E-state index in [2.05, 4.69) is 0 Å². The van der Waals surface area contributed by atoms with Gasteiger partial charge in [-0.3, -0.25) is 9.59 Å². The van der Waals surface area contributed by atoms with Crippen molar-refractivity contribution in [1.29, 1.82) is 0 Å². The van der Waals surface area contributed by atoms with E-state index in [1.807, 2.05) is 77.7 Å². The molecule has 0 aromatic heterocycles. The van der Waals surface area contributed by atoms with Crippen molar-refractivity contribution in [3.05, 3.63) is 108 Å². The number of nitrogens with two attached hydrogens (primary N) is 1. The van der Waals surface area contributed by atoms with Crippen molar-refractivity contribution in [3.63, 3.8) is 0 Å². The molecule has 5 heteroatoms. The predicted molar refractivity (Wildman–Crippen MR) is 117 cm³/mol. The summed E-state index contributed by atoms with van der Waals surface area (Å²) in [4.78, 5) is 25.5. The Labute approximate surface area is 176 Å². The van der Waals surface area contributed by atoms with Gasteiger partial charge in [-0.2, -0.15) is 0 Å². The van der Waals surface area contributed by atoms with Crippen molar-refractivity contribution in [2.45, 2.75) is 13.1 Å². The molecular weight excluding hydrogens is 376 g/mol. The summed E-state index contributed by atoms with van der Waals surface area (Å²) in [5, 5.41) is 0. The summed E-state index contributed by atoms with van der Waals surface area (Å²) in [5.74, 6) is -0.0506. The van der Waals surface area contributed by atoms with Crippen LogP contribution in [0.15, 0.2) is 91.0 Å². The Morgan fingerprint density at radius 2 is 1.33 bits per heavy atom. The molecule has 0 spiro atoms. The number of benzene rings is 3. The van der Waals surface area contributed by atoms with Crippen LogP contribution >= 0.6 is 0 Å². The van der Waals surface area contributed by atoms with Gasteiger partial charge in [-0.1, -0.05) is 72.8 Å². The van der Waals surface area contributed by atoms with E-state index in [0.717, 1.165) is 16.7 Å². The second-order valence-corrected chi connectivity index (χ2v) is 6.82. The van der Waals surface area contributed by atoms with Gasteiger partial charge in [0, 0.05) is 19.2 Å². The maximum Gasteiger partial charge on any atom is 0.255 e. The summed E-state index contributed by atoms with van der Waals surface area (Å²) in [5.41, 5.74) is 8.08. The molecule has 3 aromatic carbocycles. The number of ether oxygens (including phenoxy) is 1. The van der Waals surface area contributed by atoms with Gasteiger partial charge in [0.15, 0.2) is 6.61 Å². The van der Waals surface area contributed by atoms with Gasteiger partial charge in [0.2, 0.25) is 5.91 Å². The van der Waals surface area contributed by atoms with E-state index in [1.165, 1.54) is 0 Å². The average Bonchev–Trinajstić information content (AvgIpc) is 2.77. The van der Waals surface area contributed by atoms with Crippen LogP contribution in [0.1, 0.15) is 16.7 Å². The van der Waals surface area contributed by atoms with Gasteiger partial charge in [0.05, 0.1) is 0 Å². The monoisotopic (exact) mass is 400 g/mol. The minimum absolute atomic E-state index is 0.0724. The molecule has 0 heterocycles. The average molecular weight is 400 g/mol. The molecule has 0 unspecified atom stereocenters. The van der Waals surface area contributed by atoms with E-state index in [4.69, 9.17) is 10.5 Å². The van der Waals surface area contributed by atoms with Crippen molar-refractivity contribution in [2.24, 2.45) is 5.73 Å². The lowest BCUT2D eigenvalue weighted by Gasteiger charge is -2.21. The van der Waals surface area contributed by atoms with Gasteiger partial charge < -0.3 is 15.4 Å². The Hall–Kier alpha value is -3.86. The van der Waals surface area contributed by atoms with Crippen molar-refractivity contribution >= 4 is 17.9 Å². The highest BCUT2D eigenvalue weighted by atomic mass is 16.5. The summed E-state index contributed by atoms with van der Waals surface area (Å²) in [6.45, 7) is 0.888. The molecule has 30 heavy (non-hydrogen) atoms. The Morgan fingerprint density at radius 3 is 1.83 bits per heavy atom. The van der Waals surface area contributed by atoms with E-state index >= 15 is 0 Å². The van der Waals surface area contributed by atoms with E-state index < -0.39 is 5.91 Å². The first-order chi connectivity index (χ1) is 14.6. The van der Waals surface area contributed by atoms with Crippen LogP contribution in [0, 0.1) is 0 Å². The summed E-state index contributed by atoms with van der Waals surface area (Å²) >= 11 is 0. The molecule has 0 radical (unpaired) electrons. The molecule has 0 saturated carbocycles. The molecule has 0 aliphatic carbocycles. The molecular formula is C25H24N2O3. The lowest BCUT2D eigenvalue weighted by atomic mass is 10.1. The van der Waals surface area contributed by atoms with Crippen LogP contribution in [0.5, 0.6) is 5.75 Å². The quantitative estimate of drug-likeness (QED) is 0.556. The molecule has 3 aromatic rings. The topological polar surface area (TPSA) is 72.6 Å². The smallest absolute Gasteiger partial charge is 0.255 e. The zero-order valence-corrected chi connectivity index (χ0v) is 16.6. The highest BCUT2D eigenvalue weighted by Crippen LogP contribution is 2.15. The van der Waals surface area contributed by atoms with Crippen LogP contribution in [-0.4, -0.2) is 23.3 Å². The third-order valence-electron chi connectivity index (χ3n) is 4.42. The second-order valence-electron chi connectivity index (χ2n) is 6.82. The standard InChI is InChI=1S/C25H24N2O3/c26-24(28)19-30-23-14-11-20(12-15-23)13-16-25(29)27(17-21-7-3-1-4-8-21)18-22-9-5-2-6-10-22/h1-16H,17-19H2,(H2,26,28)/b16-13-. The molecule has 0 bridgehead atoms. The molecule has 0 saturated heterocycles. The number of nitrogens with zero attached hydrogens (tertiary/aromatic N) is 1. The number of hydrogen-bond acceptors (Lipinski definition) is 3. The fraction of sp³-hybridized carbons (Fsp3) is 0.120. The fourth-order valence-corrected chi connectivity index (χ4v) is 2.92. The minimum atomic E-state index is -0.526. The van der Waals surface area contributed by atoms with Gasteiger partial charge in [0.1, 0.15) is 5.75 Å². The second kappa shape index (κ2) is 10.6. The van der Waals surface area contributed by atoms with Crippen molar-refractivity contribution < 1.29 is 14.3 Å². The van der Waals surface area contributed by atoms with Crippen LogP contribution < -0.4 is 10.5 Å². The lowest BCUT2D eigenvalue weighted by molar-refractivity contribution is -0.127. The molecule has 0 aliphatic rings. The summed E-state index contributed by atoms with van der Waals surface area (Å²) in [6, 6.07) is 27.0. The summed E-state index contributed by atoms with van der Waals surface area (Å²) in [6.07, 6.45) is 3.34. The third-order valence-corrected chi connectivity index (χ3v) is 4.42. The number of hydrogen-bond donors (Lipinski definition) is 1. The van der Waals surface area contributed by atoms with E-state index in [-0.39, 0.29) is 12.5 Å². The number of primary amides is 1. The largest absolute Gasteiger partial charge is 0.484 e. The van der Waals surface area contributed by atoms with E-state index in [0.29, 0.717) is 18.8 Å². The van der Waals surface area contributed by atoms with Gasteiger partial charge >= 0.3 is 0 Å². The highest BCUT2D eigenvalue weighted by Gasteiger charge is 2.12. The molecule has 3 rings (SSSR count). The minimum Gasteiger partial charge on any atom is -0.484 e. The van der Waals surface area contributed by atoms with Crippen LogP contribution in [0.3, 0.4) is 0 Å². The number of amides is 2. The van der Waals surface area contributed by atoms with E-state index in [1.54, 1.807) is 24.3 Å². The SMILES string of the molecule is NC(=O)COc1ccc(/C=C\C(=O)N(Cc2ccccc2)Cc2ccccc2)cc1. The first kappa shape index (κ1) is 20.9. The van der Waals surface area contributed by atoms with Gasteiger partial charge in [-0.15, -0.1) is 0 Å². The van der Waals surface area contributed by atoms with E-state index in [9.17, 15) is 9.59 Å². The van der Waals surface area contributed by atoms with Crippen LogP contribution in [0.2, 0.25) is 0 Å². The Balaban J connectivity index is 1.69. The zero-order valence-electron chi connectivity index (χ0n) is 16.6. The normalized spacial score (nSPS) is 10.7. The van der Waals surface area contributed by atoms with Gasteiger partial charge in [-0.05, 0) is 34.9 Å². The number of rotatable bonds is 9. The number of carbonyl (C=O) groups is 2. The molecule has 0 fully saturated rings. The van der Waals surface area contributed by atoms with Crippen molar-refractivity contribution in [1.82, 2.24) is 4.90 Å². The molecule has 5 nitrogen and oxygen atoms in total. The first-order valence-corrected chi connectivity index (χ1v) is 9.66. The number of carbonyl (C=O) groups excluding carboxylic acids is 2. The molecule has 0 aliphatic heterocycles. The summed E-state index contributed by atoms with van der Waals surface area (Å²) < 4.78 is 5.25. The maximum absolute atomic E-state index is 12.9. The molecule has 0 atom stereocenters. The van der Waals surface area contributed by atoms with Crippen LogP contribution in [0.25, 0.3) is 6.08 Å². The Morgan fingerprint density at radius 1 is 0.800 bits per heavy atom. The van der Waals surface area contributed by atoms with Crippen molar-refractivity contribution in [2.75, 3.05) is 6.61 Å².